The number of hydrogen-bond acceptors (Lipinski definition) is 4. The maximum atomic E-state index is 4.49. The Bertz CT molecular complexity index is 277. The smallest absolute Gasteiger partial charge is 0.150 e. The van der Waals surface area contributed by atoms with E-state index in [4.69, 9.17) is 0 Å². The molecule has 14 heavy (non-hydrogen) atoms. The molecular formula is C10H16N2S2. The van der Waals surface area contributed by atoms with Crippen molar-refractivity contribution in [2.24, 2.45) is 0 Å². The van der Waals surface area contributed by atoms with Crippen LogP contribution in [-0.2, 0) is 0 Å². The number of nitrogens with one attached hydrogen (secondary N) is 1. The Labute approximate surface area is 93.5 Å². The van der Waals surface area contributed by atoms with Crippen molar-refractivity contribution in [3.63, 3.8) is 0 Å². The summed E-state index contributed by atoms with van der Waals surface area (Å²) in [6.07, 6.45) is 4.01. The Morgan fingerprint density at radius 3 is 3.29 bits per heavy atom. The van der Waals surface area contributed by atoms with Gasteiger partial charge in [-0.1, -0.05) is 18.2 Å². The Kier molecular flexibility index (Phi) is 3.84. The number of aryl methyl sites for hydroxylation is 1. The third kappa shape index (κ3) is 2.97. The summed E-state index contributed by atoms with van der Waals surface area (Å²) >= 11 is 3.72. The van der Waals surface area contributed by atoms with Gasteiger partial charge in [-0.25, -0.2) is 4.98 Å². The Balaban J connectivity index is 1.89. The molecule has 1 N–H and O–H groups in total. The van der Waals surface area contributed by atoms with Crippen LogP contribution in [0.25, 0.3) is 0 Å². The summed E-state index contributed by atoms with van der Waals surface area (Å²) in [5.41, 5.74) is 1.15. The highest BCUT2D eigenvalue weighted by molar-refractivity contribution is 8.01. The third-order valence-electron chi connectivity index (χ3n) is 2.37. The average molecular weight is 228 g/mol. The molecule has 0 aromatic carbocycles. The fourth-order valence-electron chi connectivity index (χ4n) is 1.62. The fourth-order valence-corrected chi connectivity index (χ4v) is 3.88. The van der Waals surface area contributed by atoms with E-state index in [9.17, 15) is 0 Å². The number of hydrogen-bond donors (Lipinski definition) is 1. The number of thioether (sulfide) groups is 1. The van der Waals surface area contributed by atoms with Crippen molar-refractivity contribution >= 4 is 23.1 Å². The first-order chi connectivity index (χ1) is 6.84. The molecule has 1 aliphatic heterocycles. The normalized spacial score (nSPS) is 23.4. The van der Waals surface area contributed by atoms with Gasteiger partial charge in [0.2, 0.25) is 0 Å². The van der Waals surface area contributed by atoms with E-state index in [2.05, 4.69) is 22.6 Å². The van der Waals surface area contributed by atoms with E-state index in [0.717, 1.165) is 17.5 Å². The van der Waals surface area contributed by atoms with Crippen LogP contribution in [0.1, 0.15) is 25.0 Å². The summed E-state index contributed by atoms with van der Waals surface area (Å²) in [7, 11) is 0. The van der Waals surface area contributed by atoms with Gasteiger partial charge in [-0.05, 0) is 26.3 Å². The lowest BCUT2D eigenvalue weighted by atomic mass is 10.2. The number of rotatable bonds is 2. The maximum absolute atomic E-state index is 4.49. The van der Waals surface area contributed by atoms with Crippen LogP contribution in [0.2, 0.25) is 0 Å². The van der Waals surface area contributed by atoms with Crippen LogP contribution >= 0.6 is 23.1 Å². The minimum absolute atomic E-state index is 0.725. The molecule has 1 fully saturated rings. The summed E-state index contributed by atoms with van der Waals surface area (Å²) in [5.74, 6) is 0. The molecule has 78 valence electrons. The summed E-state index contributed by atoms with van der Waals surface area (Å²) in [4.78, 5) is 4.49. The Morgan fingerprint density at radius 1 is 1.57 bits per heavy atom. The van der Waals surface area contributed by atoms with Crippen molar-refractivity contribution in [2.75, 3.05) is 13.1 Å². The third-order valence-corrected chi connectivity index (χ3v) is 4.72. The van der Waals surface area contributed by atoms with Gasteiger partial charge >= 0.3 is 0 Å². The summed E-state index contributed by atoms with van der Waals surface area (Å²) in [6.45, 7) is 4.39. The second-order valence-electron chi connectivity index (χ2n) is 3.69. The van der Waals surface area contributed by atoms with Gasteiger partial charge in [-0.2, -0.15) is 0 Å². The van der Waals surface area contributed by atoms with Crippen molar-refractivity contribution in [3.05, 3.63) is 11.1 Å². The molecular weight excluding hydrogens is 212 g/mol. The maximum Gasteiger partial charge on any atom is 0.150 e. The van der Waals surface area contributed by atoms with Gasteiger partial charge in [0.15, 0.2) is 0 Å². The predicted octanol–water partition coefficient (Wildman–Crippen LogP) is 2.69. The SMILES string of the molecule is Cc1csc(SC2CCCCNC2)n1. The van der Waals surface area contributed by atoms with Crippen LogP contribution in [0.4, 0.5) is 0 Å². The minimum Gasteiger partial charge on any atom is -0.316 e. The molecule has 1 aliphatic rings. The molecule has 1 saturated heterocycles. The van der Waals surface area contributed by atoms with E-state index in [1.54, 1.807) is 11.3 Å². The summed E-state index contributed by atoms with van der Waals surface area (Å²) in [6, 6.07) is 0. The molecule has 2 nitrogen and oxygen atoms in total. The van der Waals surface area contributed by atoms with Crippen LogP contribution in [0.15, 0.2) is 9.72 Å². The zero-order valence-corrected chi connectivity index (χ0v) is 10.1. The monoisotopic (exact) mass is 228 g/mol. The molecule has 1 unspecified atom stereocenters. The standard InChI is InChI=1S/C10H16N2S2/c1-8-7-13-10(12-8)14-9-4-2-3-5-11-6-9/h7,9,11H,2-6H2,1H3. The van der Waals surface area contributed by atoms with Gasteiger partial charge in [0, 0.05) is 22.9 Å². The summed E-state index contributed by atoms with van der Waals surface area (Å²) in [5, 5.41) is 6.34. The fraction of sp³-hybridized carbons (Fsp3) is 0.700. The van der Waals surface area contributed by atoms with E-state index in [-0.39, 0.29) is 0 Å². The molecule has 0 saturated carbocycles. The molecule has 0 radical (unpaired) electrons. The molecule has 1 atom stereocenters. The van der Waals surface area contributed by atoms with Crippen LogP contribution < -0.4 is 5.32 Å². The lowest BCUT2D eigenvalue weighted by molar-refractivity contribution is 0.706. The van der Waals surface area contributed by atoms with Gasteiger partial charge in [-0.15, -0.1) is 11.3 Å². The van der Waals surface area contributed by atoms with Crippen molar-refractivity contribution in [1.29, 1.82) is 0 Å². The van der Waals surface area contributed by atoms with E-state index < -0.39 is 0 Å². The Morgan fingerprint density at radius 2 is 2.50 bits per heavy atom. The van der Waals surface area contributed by atoms with E-state index in [0.29, 0.717) is 0 Å². The van der Waals surface area contributed by atoms with Crippen molar-refractivity contribution in [2.45, 2.75) is 35.8 Å². The van der Waals surface area contributed by atoms with Gasteiger partial charge in [0.1, 0.15) is 4.34 Å². The second-order valence-corrected chi connectivity index (χ2v) is 6.10. The number of aromatic nitrogens is 1. The highest BCUT2D eigenvalue weighted by Crippen LogP contribution is 2.29. The lowest BCUT2D eigenvalue weighted by Gasteiger charge is -2.10. The molecule has 0 aliphatic carbocycles. The molecule has 1 aromatic heterocycles. The molecule has 2 rings (SSSR count). The van der Waals surface area contributed by atoms with Crippen molar-refractivity contribution in [3.8, 4) is 0 Å². The van der Waals surface area contributed by atoms with Crippen LogP contribution in [0.5, 0.6) is 0 Å². The van der Waals surface area contributed by atoms with Crippen LogP contribution in [0.3, 0.4) is 0 Å². The first-order valence-corrected chi connectivity index (χ1v) is 6.90. The highest BCUT2D eigenvalue weighted by Gasteiger charge is 2.14. The predicted molar refractivity (Wildman–Crippen MR) is 63.2 cm³/mol. The van der Waals surface area contributed by atoms with E-state index in [1.165, 1.54) is 30.1 Å². The second kappa shape index (κ2) is 5.14. The summed E-state index contributed by atoms with van der Waals surface area (Å²) < 4.78 is 1.23. The molecule has 4 heteroatoms. The quantitative estimate of drug-likeness (QED) is 0.842. The van der Waals surface area contributed by atoms with Gasteiger partial charge in [0.25, 0.3) is 0 Å². The van der Waals surface area contributed by atoms with Gasteiger partial charge in [0.05, 0.1) is 0 Å². The van der Waals surface area contributed by atoms with Gasteiger partial charge < -0.3 is 5.32 Å². The average Bonchev–Trinajstić information content (AvgIpc) is 2.43. The molecule has 2 heterocycles. The number of nitrogens with zero attached hydrogens (tertiary/aromatic N) is 1. The van der Waals surface area contributed by atoms with Crippen molar-refractivity contribution in [1.82, 2.24) is 10.3 Å². The minimum atomic E-state index is 0.725. The highest BCUT2D eigenvalue weighted by atomic mass is 32.2. The Hall–Kier alpha value is -0.0600. The topological polar surface area (TPSA) is 24.9 Å². The molecule has 1 aromatic rings. The molecule has 0 bridgehead atoms. The largest absolute Gasteiger partial charge is 0.316 e. The van der Waals surface area contributed by atoms with Crippen LogP contribution in [0, 0.1) is 6.92 Å². The molecule has 0 amide bonds. The lowest BCUT2D eigenvalue weighted by Crippen LogP contribution is -2.22. The van der Waals surface area contributed by atoms with Crippen molar-refractivity contribution < 1.29 is 0 Å². The van der Waals surface area contributed by atoms with Crippen LogP contribution in [-0.4, -0.2) is 23.3 Å². The zero-order valence-electron chi connectivity index (χ0n) is 8.45. The first kappa shape index (κ1) is 10.5. The van der Waals surface area contributed by atoms with E-state index >= 15 is 0 Å². The first-order valence-electron chi connectivity index (χ1n) is 5.14. The van der Waals surface area contributed by atoms with Gasteiger partial charge in [-0.3, -0.25) is 0 Å². The number of thiazole rings is 1. The molecule has 0 spiro atoms. The van der Waals surface area contributed by atoms with E-state index in [1.807, 2.05) is 11.8 Å². The zero-order chi connectivity index (χ0) is 9.80.